The molecule has 0 fully saturated rings. The third-order valence-corrected chi connectivity index (χ3v) is 2.78. The van der Waals surface area contributed by atoms with Crippen molar-refractivity contribution >= 4 is 23.2 Å². The third kappa shape index (κ3) is 3.82. The monoisotopic (exact) mass is 293 g/mol. The highest BCUT2D eigenvalue weighted by molar-refractivity contribution is 5.88. The Bertz CT molecular complexity index is 660. The summed E-state index contributed by atoms with van der Waals surface area (Å²) in [5, 5.41) is 13.4. The number of nitrogens with two attached hydrogens (primary N) is 1. The van der Waals surface area contributed by atoms with Crippen LogP contribution in [0, 0.1) is 11.6 Å². The van der Waals surface area contributed by atoms with E-state index in [1.807, 2.05) is 5.32 Å². The Balaban J connectivity index is 2.11. The lowest BCUT2D eigenvalue weighted by molar-refractivity contribution is 0.210. The predicted octanol–water partition coefficient (Wildman–Crippen LogP) is 3.25. The van der Waals surface area contributed by atoms with Gasteiger partial charge >= 0.3 is 6.09 Å². The summed E-state index contributed by atoms with van der Waals surface area (Å²) in [7, 11) is 0. The number of nitrogen functional groups attached to an aromatic ring is 1. The fourth-order valence-corrected chi connectivity index (χ4v) is 1.75. The first kappa shape index (κ1) is 14.6. The number of nitrogens with one attached hydrogen (secondary N) is 2. The van der Waals surface area contributed by atoms with Crippen molar-refractivity contribution in [3.05, 3.63) is 53.6 Å². The zero-order valence-corrected chi connectivity index (χ0v) is 10.9. The molecule has 110 valence electrons. The summed E-state index contributed by atoms with van der Waals surface area (Å²) in [4.78, 5) is 10.5. The molecule has 0 aliphatic rings. The smallest absolute Gasteiger partial charge is 0.409 e. The quantitative estimate of drug-likeness (QED) is 0.652. The van der Waals surface area contributed by atoms with E-state index in [0.717, 1.165) is 11.6 Å². The third-order valence-electron chi connectivity index (χ3n) is 2.78. The second-order valence-electron chi connectivity index (χ2n) is 4.33. The van der Waals surface area contributed by atoms with Gasteiger partial charge < -0.3 is 16.2 Å². The SMILES string of the molecule is Nc1cc(NCc2ccc(F)cc2)c(F)cc1NC(=O)O. The number of amides is 1. The molecule has 0 bridgehead atoms. The molecule has 5 nitrogen and oxygen atoms in total. The van der Waals surface area contributed by atoms with Crippen LogP contribution in [0.5, 0.6) is 0 Å². The zero-order chi connectivity index (χ0) is 15.4. The van der Waals surface area contributed by atoms with Gasteiger partial charge in [0, 0.05) is 12.6 Å². The van der Waals surface area contributed by atoms with Crippen molar-refractivity contribution in [1.82, 2.24) is 0 Å². The van der Waals surface area contributed by atoms with E-state index in [-0.39, 0.29) is 29.4 Å². The van der Waals surface area contributed by atoms with Crippen LogP contribution in [-0.2, 0) is 6.54 Å². The first-order chi connectivity index (χ1) is 9.95. The Morgan fingerprint density at radius 2 is 1.81 bits per heavy atom. The molecular formula is C14H13F2N3O2. The molecule has 0 radical (unpaired) electrons. The molecule has 0 aromatic heterocycles. The maximum atomic E-state index is 13.8. The van der Waals surface area contributed by atoms with Crippen molar-refractivity contribution in [2.24, 2.45) is 0 Å². The lowest BCUT2D eigenvalue weighted by atomic mass is 10.2. The molecule has 0 heterocycles. The number of halogens is 2. The largest absolute Gasteiger partial charge is 0.465 e. The number of benzene rings is 2. The van der Waals surface area contributed by atoms with Crippen LogP contribution in [-0.4, -0.2) is 11.2 Å². The minimum atomic E-state index is -1.33. The summed E-state index contributed by atoms with van der Waals surface area (Å²) >= 11 is 0. The van der Waals surface area contributed by atoms with Gasteiger partial charge in [-0.05, 0) is 23.8 Å². The van der Waals surface area contributed by atoms with Crippen LogP contribution in [0.1, 0.15) is 5.56 Å². The molecule has 0 spiro atoms. The zero-order valence-electron chi connectivity index (χ0n) is 10.9. The van der Waals surface area contributed by atoms with Gasteiger partial charge in [-0.2, -0.15) is 0 Å². The summed E-state index contributed by atoms with van der Waals surface area (Å²) in [5.74, 6) is -0.992. The molecular weight excluding hydrogens is 280 g/mol. The molecule has 2 rings (SSSR count). The summed E-state index contributed by atoms with van der Waals surface area (Å²) < 4.78 is 26.6. The highest BCUT2D eigenvalue weighted by Crippen LogP contribution is 2.26. The molecule has 1 amide bonds. The van der Waals surface area contributed by atoms with Gasteiger partial charge in [0.05, 0.1) is 17.1 Å². The summed E-state index contributed by atoms with van der Waals surface area (Å²) in [6.07, 6.45) is -1.33. The molecule has 0 saturated heterocycles. The fourth-order valence-electron chi connectivity index (χ4n) is 1.75. The van der Waals surface area contributed by atoms with Crippen molar-refractivity contribution in [1.29, 1.82) is 0 Å². The summed E-state index contributed by atoms with van der Waals surface area (Å²) in [6, 6.07) is 8.05. The van der Waals surface area contributed by atoms with Crippen LogP contribution < -0.4 is 16.4 Å². The lowest BCUT2D eigenvalue weighted by Gasteiger charge is -2.11. The van der Waals surface area contributed by atoms with Crippen LogP contribution >= 0.6 is 0 Å². The first-order valence-corrected chi connectivity index (χ1v) is 6.03. The number of hydrogen-bond acceptors (Lipinski definition) is 3. The van der Waals surface area contributed by atoms with E-state index in [1.54, 1.807) is 12.1 Å². The van der Waals surface area contributed by atoms with E-state index in [0.29, 0.717) is 0 Å². The van der Waals surface area contributed by atoms with Crippen LogP contribution in [0.3, 0.4) is 0 Å². The van der Waals surface area contributed by atoms with Crippen LogP contribution in [0.15, 0.2) is 36.4 Å². The average Bonchev–Trinajstić information content (AvgIpc) is 2.42. The number of rotatable bonds is 4. The second-order valence-corrected chi connectivity index (χ2v) is 4.33. The van der Waals surface area contributed by atoms with E-state index in [4.69, 9.17) is 10.8 Å². The standard InChI is InChI=1S/C14H13F2N3O2/c15-9-3-1-8(2-4-9)7-18-12-6-11(17)13(5-10(12)16)19-14(20)21/h1-6,18-19H,7,17H2,(H,20,21). The number of carboxylic acid groups (broad SMARTS) is 1. The fraction of sp³-hybridized carbons (Fsp3) is 0.0714. The number of carbonyl (C=O) groups is 1. The normalized spacial score (nSPS) is 10.2. The van der Waals surface area contributed by atoms with Crippen molar-refractivity contribution < 1.29 is 18.7 Å². The highest BCUT2D eigenvalue weighted by Gasteiger charge is 2.09. The topological polar surface area (TPSA) is 87.4 Å². The summed E-state index contributed by atoms with van der Waals surface area (Å²) in [5.41, 5.74) is 6.62. The van der Waals surface area contributed by atoms with Gasteiger partial charge in [0.2, 0.25) is 0 Å². The van der Waals surface area contributed by atoms with Gasteiger partial charge in [0.15, 0.2) is 0 Å². The van der Waals surface area contributed by atoms with Crippen molar-refractivity contribution in [3.8, 4) is 0 Å². The number of anilines is 3. The maximum Gasteiger partial charge on any atom is 0.409 e. The Hall–Kier alpha value is -2.83. The van der Waals surface area contributed by atoms with E-state index in [1.165, 1.54) is 18.2 Å². The van der Waals surface area contributed by atoms with E-state index < -0.39 is 11.9 Å². The van der Waals surface area contributed by atoms with Gasteiger partial charge in [-0.25, -0.2) is 13.6 Å². The Labute approximate surface area is 119 Å². The molecule has 0 atom stereocenters. The van der Waals surface area contributed by atoms with E-state index in [9.17, 15) is 13.6 Å². The maximum absolute atomic E-state index is 13.8. The first-order valence-electron chi connectivity index (χ1n) is 6.03. The van der Waals surface area contributed by atoms with Crippen molar-refractivity contribution in [3.63, 3.8) is 0 Å². The molecule has 0 aliphatic carbocycles. The minimum Gasteiger partial charge on any atom is -0.465 e. The van der Waals surface area contributed by atoms with E-state index >= 15 is 0 Å². The molecule has 5 N–H and O–H groups in total. The molecule has 0 aliphatic heterocycles. The molecule has 0 saturated carbocycles. The van der Waals surface area contributed by atoms with E-state index in [2.05, 4.69) is 5.32 Å². The van der Waals surface area contributed by atoms with Gasteiger partial charge in [0.1, 0.15) is 11.6 Å². The lowest BCUT2D eigenvalue weighted by Crippen LogP contribution is -2.10. The molecule has 2 aromatic rings. The van der Waals surface area contributed by atoms with Crippen molar-refractivity contribution in [2.75, 3.05) is 16.4 Å². The average molecular weight is 293 g/mol. The Morgan fingerprint density at radius 1 is 1.14 bits per heavy atom. The second kappa shape index (κ2) is 6.08. The molecule has 0 unspecified atom stereocenters. The van der Waals surface area contributed by atoms with Gasteiger partial charge in [-0.15, -0.1) is 0 Å². The van der Waals surface area contributed by atoms with Gasteiger partial charge in [-0.1, -0.05) is 12.1 Å². The Morgan fingerprint density at radius 3 is 2.43 bits per heavy atom. The molecule has 7 heteroatoms. The Kier molecular flexibility index (Phi) is 4.22. The summed E-state index contributed by atoms with van der Waals surface area (Å²) in [6.45, 7) is 0.280. The van der Waals surface area contributed by atoms with Gasteiger partial charge in [-0.3, -0.25) is 5.32 Å². The minimum absolute atomic E-state index is 0.0210. The van der Waals surface area contributed by atoms with Crippen LogP contribution in [0.2, 0.25) is 0 Å². The van der Waals surface area contributed by atoms with Crippen LogP contribution in [0.25, 0.3) is 0 Å². The van der Waals surface area contributed by atoms with Crippen molar-refractivity contribution in [2.45, 2.75) is 6.54 Å². The molecule has 21 heavy (non-hydrogen) atoms. The highest BCUT2D eigenvalue weighted by atomic mass is 19.1. The van der Waals surface area contributed by atoms with Gasteiger partial charge in [0.25, 0.3) is 0 Å². The number of hydrogen-bond donors (Lipinski definition) is 4. The van der Waals surface area contributed by atoms with Crippen LogP contribution in [0.4, 0.5) is 30.6 Å². The molecule has 2 aromatic carbocycles. The predicted molar refractivity (Wildman–Crippen MR) is 76.2 cm³/mol.